The van der Waals surface area contributed by atoms with Crippen LogP contribution in [0.2, 0.25) is 5.02 Å². The van der Waals surface area contributed by atoms with Crippen LogP contribution in [-0.4, -0.2) is 31.9 Å². The molecule has 10 heteroatoms. The molecule has 0 saturated heterocycles. The third-order valence-corrected chi connectivity index (χ3v) is 6.47. The lowest BCUT2D eigenvalue weighted by Gasteiger charge is -2.23. The number of carbonyl (C=O) groups excluding carboxylic acids is 1. The molecule has 0 aliphatic rings. The molecule has 0 radical (unpaired) electrons. The second-order valence-electron chi connectivity index (χ2n) is 8.81. The first-order valence-corrected chi connectivity index (χ1v) is 12.2. The summed E-state index contributed by atoms with van der Waals surface area (Å²) in [7, 11) is 0. The second-order valence-corrected chi connectivity index (χ2v) is 9.22. The van der Waals surface area contributed by atoms with Crippen LogP contribution < -0.4 is 10.1 Å². The van der Waals surface area contributed by atoms with Gasteiger partial charge in [0.1, 0.15) is 29.8 Å². The highest BCUT2D eigenvalue weighted by atomic mass is 35.5. The van der Waals surface area contributed by atoms with Crippen LogP contribution in [0, 0.1) is 25.5 Å². The molecule has 0 bridgehead atoms. The quantitative estimate of drug-likeness (QED) is 0.315. The first-order valence-electron chi connectivity index (χ1n) is 11.8. The monoisotopic (exact) mass is 528 g/mol. The Hall–Kier alpha value is -3.56. The highest BCUT2D eigenvalue weighted by Crippen LogP contribution is 2.33. The van der Waals surface area contributed by atoms with Crippen LogP contribution in [0.15, 0.2) is 42.6 Å². The third kappa shape index (κ3) is 5.42. The van der Waals surface area contributed by atoms with Gasteiger partial charge < -0.3 is 15.2 Å². The normalized spacial score (nSPS) is 13.0. The smallest absolute Gasteiger partial charge is 0.249 e. The van der Waals surface area contributed by atoms with Crippen LogP contribution in [0.5, 0.6) is 5.75 Å². The lowest BCUT2D eigenvalue weighted by atomic mass is 9.98. The summed E-state index contributed by atoms with van der Waals surface area (Å²) in [6, 6.07) is 9.10. The molecule has 2 N–H and O–H groups in total. The van der Waals surface area contributed by atoms with Crippen LogP contribution >= 0.6 is 11.6 Å². The van der Waals surface area contributed by atoms with E-state index < -0.39 is 29.7 Å². The standard InChI is InChI=1S/C27H27ClF2N4O3/c1-5-23(33-27(36)16(4)35)19-10-17(29)11-21(28)20(19)13-37-25-8-6-7-18-24(9-14(2)32-26(18)25)34-15(3)22(30)12-31-34/h6-12,16,23,35H,5,13H2,1-4H3,(H,33,36)/t16-,23+/m1/s1. The number of carbonyl (C=O) groups is 1. The number of rotatable bonds is 8. The van der Waals surface area contributed by atoms with Crippen molar-refractivity contribution in [3.63, 3.8) is 0 Å². The van der Waals surface area contributed by atoms with Crippen LogP contribution in [0.25, 0.3) is 16.6 Å². The number of aromatic nitrogens is 3. The van der Waals surface area contributed by atoms with E-state index in [1.54, 1.807) is 19.1 Å². The van der Waals surface area contributed by atoms with Crippen molar-refractivity contribution >= 4 is 28.4 Å². The molecular weight excluding hydrogens is 502 g/mol. The highest BCUT2D eigenvalue weighted by Gasteiger charge is 2.22. The van der Waals surface area contributed by atoms with E-state index in [1.807, 2.05) is 26.0 Å². The maximum absolute atomic E-state index is 14.3. The van der Waals surface area contributed by atoms with Crippen LogP contribution in [0.4, 0.5) is 8.78 Å². The van der Waals surface area contributed by atoms with Crippen LogP contribution in [0.1, 0.15) is 48.8 Å². The summed E-state index contributed by atoms with van der Waals surface area (Å²) in [5.41, 5.74) is 3.20. The zero-order valence-corrected chi connectivity index (χ0v) is 21.6. The van der Waals surface area contributed by atoms with Crippen molar-refractivity contribution in [2.24, 2.45) is 0 Å². The molecule has 2 aromatic heterocycles. The molecule has 7 nitrogen and oxygen atoms in total. The van der Waals surface area contributed by atoms with Gasteiger partial charge in [-0.25, -0.2) is 18.4 Å². The molecule has 4 rings (SSSR count). The predicted octanol–water partition coefficient (Wildman–Crippen LogP) is 5.50. The van der Waals surface area contributed by atoms with Crippen molar-refractivity contribution in [1.82, 2.24) is 20.1 Å². The van der Waals surface area contributed by atoms with Gasteiger partial charge in [-0.1, -0.05) is 30.7 Å². The number of aryl methyl sites for hydroxylation is 1. The zero-order valence-electron chi connectivity index (χ0n) is 20.8. The number of aliphatic hydroxyl groups is 1. The Morgan fingerprint density at radius 1 is 1.24 bits per heavy atom. The maximum atomic E-state index is 14.3. The number of amides is 1. The predicted molar refractivity (Wildman–Crippen MR) is 137 cm³/mol. The summed E-state index contributed by atoms with van der Waals surface area (Å²) in [5.74, 6) is -1.10. The van der Waals surface area contributed by atoms with E-state index in [4.69, 9.17) is 16.3 Å². The lowest BCUT2D eigenvalue weighted by Crippen LogP contribution is -2.35. The van der Waals surface area contributed by atoms with Crippen LogP contribution in [-0.2, 0) is 11.4 Å². The van der Waals surface area contributed by atoms with Gasteiger partial charge in [0.15, 0.2) is 5.82 Å². The molecule has 0 saturated carbocycles. The summed E-state index contributed by atoms with van der Waals surface area (Å²) >= 11 is 6.42. The second kappa shape index (κ2) is 10.8. The molecule has 0 spiro atoms. The van der Waals surface area contributed by atoms with E-state index in [9.17, 15) is 18.7 Å². The molecule has 194 valence electrons. The van der Waals surface area contributed by atoms with E-state index in [-0.39, 0.29) is 11.6 Å². The fourth-order valence-electron chi connectivity index (χ4n) is 4.18. The number of para-hydroxylation sites is 1. The van der Waals surface area contributed by atoms with E-state index in [1.165, 1.54) is 23.7 Å². The number of nitrogens with one attached hydrogen (secondary N) is 1. The zero-order chi connectivity index (χ0) is 26.9. The molecule has 4 aromatic rings. The van der Waals surface area contributed by atoms with Gasteiger partial charge in [0.05, 0.1) is 28.6 Å². The fourth-order valence-corrected chi connectivity index (χ4v) is 4.45. The topological polar surface area (TPSA) is 89.3 Å². The van der Waals surface area contributed by atoms with Crippen LogP contribution in [0.3, 0.4) is 0 Å². The van der Waals surface area contributed by atoms with E-state index >= 15 is 0 Å². The summed E-state index contributed by atoms with van der Waals surface area (Å²) in [4.78, 5) is 16.8. The van der Waals surface area contributed by atoms with Gasteiger partial charge in [0, 0.05) is 16.6 Å². The lowest BCUT2D eigenvalue weighted by molar-refractivity contribution is -0.129. The Labute approximate surface area is 218 Å². The number of halogens is 3. The van der Waals surface area contributed by atoms with E-state index in [0.717, 1.165) is 6.20 Å². The fraction of sp³-hybridized carbons (Fsp3) is 0.296. The van der Waals surface area contributed by atoms with Crippen molar-refractivity contribution in [3.05, 3.63) is 81.8 Å². The first kappa shape index (κ1) is 26.5. The Bertz CT molecular complexity index is 1470. The minimum atomic E-state index is -1.22. The molecule has 37 heavy (non-hydrogen) atoms. The average molecular weight is 529 g/mol. The Balaban J connectivity index is 1.73. The number of hydrogen-bond acceptors (Lipinski definition) is 5. The van der Waals surface area contributed by atoms with Crippen molar-refractivity contribution in [3.8, 4) is 11.4 Å². The molecule has 2 atom stereocenters. The molecule has 2 aromatic carbocycles. The minimum Gasteiger partial charge on any atom is -0.487 e. The third-order valence-electron chi connectivity index (χ3n) is 6.13. The number of benzene rings is 2. The number of ether oxygens (including phenoxy) is 1. The number of fused-ring (bicyclic) bond motifs is 1. The summed E-state index contributed by atoms with van der Waals surface area (Å²) < 4.78 is 36.0. The maximum Gasteiger partial charge on any atom is 0.249 e. The number of pyridine rings is 1. The van der Waals surface area contributed by atoms with Gasteiger partial charge in [-0.15, -0.1) is 0 Å². The SMILES string of the molecule is CC[C@H](NC(=O)[C@@H](C)O)c1cc(F)cc(Cl)c1COc1cccc2c(-n3ncc(F)c3C)cc(C)nc12. The van der Waals surface area contributed by atoms with Crippen molar-refractivity contribution < 1.29 is 23.4 Å². The minimum absolute atomic E-state index is 0.0327. The van der Waals surface area contributed by atoms with Crippen molar-refractivity contribution in [1.29, 1.82) is 0 Å². The molecule has 1 amide bonds. The largest absolute Gasteiger partial charge is 0.487 e. The Morgan fingerprint density at radius 3 is 2.65 bits per heavy atom. The van der Waals surface area contributed by atoms with Gasteiger partial charge >= 0.3 is 0 Å². The highest BCUT2D eigenvalue weighted by molar-refractivity contribution is 6.31. The molecule has 2 heterocycles. The van der Waals surface area contributed by atoms with Crippen molar-refractivity contribution in [2.75, 3.05) is 0 Å². The number of aliphatic hydroxyl groups excluding tert-OH is 1. The van der Waals surface area contributed by atoms with E-state index in [0.29, 0.717) is 51.3 Å². The van der Waals surface area contributed by atoms with Gasteiger partial charge in [-0.2, -0.15) is 5.10 Å². The number of nitrogens with zero attached hydrogens (tertiary/aromatic N) is 3. The first-order chi connectivity index (χ1) is 17.6. The van der Waals surface area contributed by atoms with Gasteiger partial charge in [-0.05, 0) is 57.0 Å². The van der Waals surface area contributed by atoms with Gasteiger partial charge in [-0.3, -0.25) is 4.79 Å². The molecular formula is C27H27ClF2N4O3. The molecule has 0 aliphatic heterocycles. The molecule has 0 fully saturated rings. The van der Waals surface area contributed by atoms with E-state index in [2.05, 4.69) is 15.4 Å². The molecule has 0 aliphatic carbocycles. The Kier molecular flexibility index (Phi) is 7.75. The summed E-state index contributed by atoms with van der Waals surface area (Å²) in [6.45, 7) is 6.61. The molecule has 0 unspecified atom stereocenters. The van der Waals surface area contributed by atoms with Gasteiger partial charge in [0.25, 0.3) is 0 Å². The Morgan fingerprint density at radius 2 is 2.00 bits per heavy atom. The van der Waals surface area contributed by atoms with Crippen molar-refractivity contribution in [2.45, 2.75) is 52.9 Å². The summed E-state index contributed by atoms with van der Waals surface area (Å²) in [6.07, 6.45) is 0.378. The number of hydrogen-bond donors (Lipinski definition) is 2. The van der Waals surface area contributed by atoms with Gasteiger partial charge in [0.2, 0.25) is 5.91 Å². The average Bonchev–Trinajstić information content (AvgIpc) is 3.18. The summed E-state index contributed by atoms with van der Waals surface area (Å²) in [5, 5.41) is 17.4.